The highest BCUT2D eigenvalue weighted by atomic mass is 17.1. The molecular formula is C9H12N2O3. The molecule has 4 N–H and O–H groups in total. The Bertz CT molecular complexity index is 297. The Kier molecular flexibility index (Phi) is 3.90. The molecule has 14 heavy (non-hydrogen) atoms. The summed E-state index contributed by atoms with van der Waals surface area (Å²) in [6, 6.07) is 7.45. The summed E-state index contributed by atoms with van der Waals surface area (Å²) in [5.74, 6) is 0. The second-order valence-electron chi connectivity index (χ2n) is 2.75. The molecule has 0 aromatic heterocycles. The first-order valence-electron chi connectivity index (χ1n) is 4.13. The third-order valence-corrected chi connectivity index (χ3v) is 1.78. The molecule has 0 fully saturated rings. The third-order valence-electron chi connectivity index (χ3n) is 1.78. The number of benzene rings is 1. The van der Waals surface area contributed by atoms with Crippen LogP contribution < -0.4 is 11.1 Å². The van der Waals surface area contributed by atoms with E-state index in [0.29, 0.717) is 13.1 Å². The normalized spacial score (nSPS) is 9.57. The van der Waals surface area contributed by atoms with E-state index in [1.807, 2.05) is 24.3 Å². The van der Waals surface area contributed by atoms with Crippen molar-refractivity contribution in [2.45, 2.75) is 13.1 Å². The number of carbonyl (C=O) groups is 1. The topological polar surface area (TPSA) is 84.6 Å². The molecule has 5 heteroatoms. The molecule has 1 rings (SSSR count). The highest BCUT2D eigenvalue weighted by Gasteiger charge is 1.99. The lowest BCUT2D eigenvalue weighted by atomic mass is 10.1. The number of hydrogen-bond acceptors (Lipinski definition) is 4. The first kappa shape index (κ1) is 10.5. The largest absolute Gasteiger partial charge is 0.438 e. The van der Waals surface area contributed by atoms with Crippen LogP contribution in [0.25, 0.3) is 0 Å². The molecule has 1 aromatic carbocycles. The van der Waals surface area contributed by atoms with E-state index >= 15 is 0 Å². The summed E-state index contributed by atoms with van der Waals surface area (Å²) in [4.78, 5) is 14.0. The van der Waals surface area contributed by atoms with Crippen LogP contribution in [0.4, 0.5) is 4.79 Å². The van der Waals surface area contributed by atoms with Gasteiger partial charge in [0, 0.05) is 13.1 Å². The average molecular weight is 196 g/mol. The lowest BCUT2D eigenvalue weighted by Crippen LogP contribution is -2.22. The maximum Gasteiger partial charge on any atom is 0.438 e. The molecule has 0 aliphatic rings. The predicted molar refractivity (Wildman–Crippen MR) is 50.3 cm³/mol. The molecule has 0 bridgehead atoms. The summed E-state index contributed by atoms with van der Waals surface area (Å²) in [7, 11) is 0. The quantitative estimate of drug-likeness (QED) is 0.494. The Hall–Kier alpha value is -1.59. The van der Waals surface area contributed by atoms with Crippen LogP contribution in [0.5, 0.6) is 0 Å². The van der Waals surface area contributed by atoms with Gasteiger partial charge < -0.3 is 11.1 Å². The van der Waals surface area contributed by atoms with Gasteiger partial charge in [-0.25, -0.2) is 4.79 Å². The molecule has 0 spiro atoms. The second kappa shape index (κ2) is 5.21. The zero-order valence-corrected chi connectivity index (χ0v) is 7.56. The molecule has 1 aromatic rings. The average Bonchev–Trinajstić information content (AvgIpc) is 2.26. The van der Waals surface area contributed by atoms with Gasteiger partial charge in [0.25, 0.3) is 0 Å². The SMILES string of the molecule is NCc1ccc(CNC(=O)OO)cc1. The van der Waals surface area contributed by atoms with Gasteiger partial charge >= 0.3 is 6.09 Å². The molecule has 0 aliphatic heterocycles. The summed E-state index contributed by atoms with van der Waals surface area (Å²) >= 11 is 0. The van der Waals surface area contributed by atoms with Gasteiger partial charge in [0.15, 0.2) is 0 Å². The van der Waals surface area contributed by atoms with E-state index in [2.05, 4.69) is 10.2 Å². The fraction of sp³-hybridized carbons (Fsp3) is 0.222. The Morgan fingerprint density at radius 3 is 2.43 bits per heavy atom. The smallest absolute Gasteiger partial charge is 0.326 e. The predicted octanol–water partition coefficient (Wildman–Crippen LogP) is 0.845. The van der Waals surface area contributed by atoms with Crippen molar-refractivity contribution in [2.75, 3.05) is 0 Å². The summed E-state index contributed by atoms with van der Waals surface area (Å²) in [6.45, 7) is 0.802. The molecule has 0 atom stereocenters. The van der Waals surface area contributed by atoms with Crippen molar-refractivity contribution < 1.29 is 14.9 Å². The summed E-state index contributed by atoms with van der Waals surface area (Å²) in [5, 5.41) is 10.3. The monoisotopic (exact) mass is 196 g/mol. The van der Waals surface area contributed by atoms with Crippen molar-refractivity contribution in [1.29, 1.82) is 0 Å². The highest BCUT2D eigenvalue weighted by Crippen LogP contribution is 2.03. The van der Waals surface area contributed by atoms with Crippen LogP contribution in [0.2, 0.25) is 0 Å². The summed E-state index contributed by atoms with van der Waals surface area (Å²) in [6.07, 6.45) is -0.868. The maximum absolute atomic E-state index is 10.5. The minimum Gasteiger partial charge on any atom is -0.326 e. The van der Waals surface area contributed by atoms with E-state index in [-0.39, 0.29) is 0 Å². The molecule has 0 aliphatic carbocycles. The van der Waals surface area contributed by atoms with E-state index in [0.717, 1.165) is 11.1 Å². The van der Waals surface area contributed by atoms with Gasteiger partial charge in [-0.3, -0.25) is 4.89 Å². The van der Waals surface area contributed by atoms with Gasteiger partial charge in [-0.05, 0) is 11.1 Å². The first-order valence-corrected chi connectivity index (χ1v) is 4.13. The highest BCUT2D eigenvalue weighted by molar-refractivity contribution is 5.66. The first-order chi connectivity index (χ1) is 6.76. The van der Waals surface area contributed by atoms with Gasteiger partial charge in [-0.2, -0.15) is 5.26 Å². The molecular weight excluding hydrogens is 184 g/mol. The van der Waals surface area contributed by atoms with Crippen LogP contribution in [0.3, 0.4) is 0 Å². The number of nitrogens with two attached hydrogens (primary N) is 1. The van der Waals surface area contributed by atoms with Crippen LogP contribution in [0.15, 0.2) is 24.3 Å². The maximum atomic E-state index is 10.5. The van der Waals surface area contributed by atoms with Crippen molar-refractivity contribution in [1.82, 2.24) is 5.32 Å². The molecule has 0 saturated heterocycles. The number of amides is 1. The molecule has 5 nitrogen and oxygen atoms in total. The third kappa shape index (κ3) is 3.04. The number of rotatable bonds is 3. The minimum absolute atomic E-state index is 0.310. The van der Waals surface area contributed by atoms with Gasteiger partial charge in [-0.1, -0.05) is 24.3 Å². The zero-order valence-electron chi connectivity index (χ0n) is 7.56. The van der Waals surface area contributed by atoms with Crippen molar-refractivity contribution in [3.05, 3.63) is 35.4 Å². The van der Waals surface area contributed by atoms with E-state index in [1.165, 1.54) is 0 Å². The Labute approximate surface area is 81.4 Å². The zero-order chi connectivity index (χ0) is 10.4. The van der Waals surface area contributed by atoms with Gasteiger partial charge in [0.2, 0.25) is 0 Å². The van der Waals surface area contributed by atoms with Crippen molar-refractivity contribution in [3.8, 4) is 0 Å². The standard InChI is InChI=1S/C9H12N2O3/c10-5-7-1-3-8(4-2-7)6-11-9(12)14-13/h1-4,13H,5-6,10H2,(H,11,12). The second-order valence-corrected chi connectivity index (χ2v) is 2.75. The van der Waals surface area contributed by atoms with Gasteiger partial charge in [0.1, 0.15) is 0 Å². The molecule has 1 amide bonds. The van der Waals surface area contributed by atoms with E-state index in [1.54, 1.807) is 0 Å². The van der Waals surface area contributed by atoms with Crippen LogP contribution in [-0.4, -0.2) is 11.4 Å². The Balaban J connectivity index is 2.47. The molecule has 76 valence electrons. The Morgan fingerprint density at radius 2 is 1.93 bits per heavy atom. The van der Waals surface area contributed by atoms with E-state index in [9.17, 15) is 4.79 Å². The molecule has 0 saturated carbocycles. The van der Waals surface area contributed by atoms with Crippen LogP contribution in [0, 0.1) is 0 Å². The summed E-state index contributed by atoms with van der Waals surface area (Å²) in [5.41, 5.74) is 7.36. The number of hydrogen-bond donors (Lipinski definition) is 3. The van der Waals surface area contributed by atoms with E-state index < -0.39 is 6.09 Å². The van der Waals surface area contributed by atoms with Gasteiger partial charge in [0.05, 0.1) is 0 Å². The Morgan fingerprint density at radius 1 is 1.36 bits per heavy atom. The lowest BCUT2D eigenvalue weighted by molar-refractivity contribution is -0.177. The molecule has 0 radical (unpaired) electrons. The molecule has 0 heterocycles. The number of nitrogens with one attached hydrogen (secondary N) is 1. The molecule has 0 unspecified atom stereocenters. The van der Waals surface area contributed by atoms with E-state index in [4.69, 9.17) is 11.0 Å². The van der Waals surface area contributed by atoms with Crippen LogP contribution in [0.1, 0.15) is 11.1 Å². The fourth-order valence-corrected chi connectivity index (χ4v) is 1.000. The number of carbonyl (C=O) groups excluding carboxylic acids is 1. The lowest BCUT2D eigenvalue weighted by Gasteiger charge is -2.03. The van der Waals surface area contributed by atoms with Crippen LogP contribution in [-0.2, 0) is 18.0 Å². The minimum atomic E-state index is -0.868. The fourth-order valence-electron chi connectivity index (χ4n) is 1.000. The van der Waals surface area contributed by atoms with Crippen molar-refractivity contribution in [3.63, 3.8) is 0 Å². The summed E-state index contributed by atoms with van der Waals surface area (Å²) < 4.78 is 0. The van der Waals surface area contributed by atoms with Crippen LogP contribution >= 0.6 is 0 Å². The van der Waals surface area contributed by atoms with Crippen molar-refractivity contribution in [2.24, 2.45) is 5.73 Å². The van der Waals surface area contributed by atoms with Gasteiger partial charge in [-0.15, -0.1) is 0 Å². The van der Waals surface area contributed by atoms with Crippen molar-refractivity contribution >= 4 is 6.09 Å².